The van der Waals surface area contributed by atoms with Crippen molar-refractivity contribution in [2.75, 3.05) is 6.61 Å². The summed E-state index contributed by atoms with van der Waals surface area (Å²) in [6.45, 7) is 8.24. The van der Waals surface area contributed by atoms with Gasteiger partial charge in [0.15, 0.2) is 12.4 Å². The number of esters is 1. The van der Waals surface area contributed by atoms with Crippen LogP contribution in [0.2, 0.25) is 0 Å². The lowest BCUT2D eigenvalue weighted by Gasteiger charge is -2.66. The number of hydrogen-bond donors (Lipinski definition) is 7. The summed E-state index contributed by atoms with van der Waals surface area (Å²) in [5.74, 6) is -5.77. The topological polar surface area (TPSA) is 263 Å². The standard InChI is InChI=1S/C34H48O16/c1-15(36)47-21(12-22(38)39)32(5)18-7-9-31(4,34(27(50-34)28(43)44)33(18,6)20(37)11-19(32)30(2,3)45)26(16-8-10-46-14-16)49-29-25(42)24(41)23(40)17(13-35)48-29/h8,10,14,17-19,21,23-27,29,35,40-42,45H,7,9,11-13H2,1-6H3,(H,38,39)(H,43,44). The summed E-state index contributed by atoms with van der Waals surface area (Å²) in [5.41, 5.74) is -7.74. The van der Waals surface area contributed by atoms with Gasteiger partial charge < -0.3 is 59.1 Å². The smallest absolute Gasteiger partial charge is 0.335 e. The molecule has 14 unspecified atom stereocenters. The number of rotatable bonds is 11. The maximum Gasteiger partial charge on any atom is 0.335 e. The number of Topliss-reactive ketones (excluding diaryl/α,β-unsaturated/α-hetero) is 1. The van der Waals surface area contributed by atoms with Gasteiger partial charge in [0.05, 0.1) is 42.7 Å². The molecule has 1 aromatic heterocycles. The van der Waals surface area contributed by atoms with Crippen LogP contribution in [0, 0.1) is 28.1 Å². The van der Waals surface area contributed by atoms with Gasteiger partial charge in [0, 0.05) is 35.7 Å². The van der Waals surface area contributed by atoms with Crippen LogP contribution in [0.15, 0.2) is 23.0 Å². The molecule has 50 heavy (non-hydrogen) atoms. The van der Waals surface area contributed by atoms with Crippen LogP contribution in [-0.4, -0.2) is 120 Å². The fraction of sp³-hybridized carbons (Fsp3) is 0.765. The fourth-order valence-corrected chi connectivity index (χ4v) is 10.0. The Morgan fingerprint density at radius 3 is 2.24 bits per heavy atom. The third-order valence-corrected chi connectivity index (χ3v) is 12.3. The van der Waals surface area contributed by atoms with E-state index in [1.165, 1.54) is 32.4 Å². The Bertz CT molecular complexity index is 1450. The molecule has 7 N–H and O–H groups in total. The van der Waals surface area contributed by atoms with Crippen LogP contribution in [0.1, 0.15) is 78.9 Å². The maximum absolute atomic E-state index is 14.8. The lowest BCUT2D eigenvalue weighted by Crippen LogP contribution is -2.72. The number of epoxide rings is 1. The second-order valence-electron chi connectivity index (χ2n) is 15.4. The molecule has 4 aliphatic rings. The summed E-state index contributed by atoms with van der Waals surface area (Å²) in [4.78, 5) is 52.3. The third-order valence-electron chi connectivity index (χ3n) is 12.3. The molecular formula is C34H48O16. The van der Waals surface area contributed by atoms with Crippen molar-refractivity contribution >= 4 is 23.7 Å². The summed E-state index contributed by atoms with van der Waals surface area (Å²) < 4.78 is 29.4. The zero-order valence-corrected chi connectivity index (χ0v) is 28.8. The number of carboxylic acid groups (broad SMARTS) is 2. The number of aliphatic hydroxyl groups excluding tert-OH is 4. The molecule has 3 heterocycles. The monoisotopic (exact) mass is 712 g/mol. The summed E-state index contributed by atoms with van der Waals surface area (Å²) in [6, 6.07) is 1.53. The number of carboxylic acids is 2. The molecule has 0 aromatic carbocycles. The highest BCUT2D eigenvalue weighted by Gasteiger charge is 2.86. The van der Waals surface area contributed by atoms with E-state index in [1.807, 2.05) is 0 Å². The van der Waals surface area contributed by atoms with Crippen molar-refractivity contribution in [1.82, 2.24) is 0 Å². The van der Waals surface area contributed by atoms with Gasteiger partial charge in [-0.25, -0.2) is 4.79 Å². The Labute approximate surface area is 288 Å². The molecule has 0 bridgehead atoms. The highest BCUT2D eigenvalue weighted by molar-refractivity contribution is 5.92. The van der Waals surface area contributed by atoms with Crippen molar-refractivity contribution in [3.8, 4) is 0 Å². The quantitative estimate of drug-likeness (QED) is 0.122. The minimum Gasteiger partial charge on any atom is -0.481 e. The van der Waals surface area contributed by atoms with Crippen molar-refractivity contribution < 1.29 is 78.3 Å². The minimum absolute atomic E-state index is 0.0472. The Hall–Kier alpha value is -2.96. The number of carbonyl (C=O) groups is 4. The molecule has 280 valence electrons. The molecule has 16 heteroatoms. The van der Waals surface area contributed by atoms with Crippen molar-refractivity contribution in [1.29, 1.82) is 0 Å². The van der Waals surface area contributed by atoms with Gasteiger partial charge in [0.2, 0.25) is 0 Å². The number of carbonyl (C=O) groups excluding carboxylic acids is 2. The summed E-state index contributed by atoms with van der Waals surface area (Å²) in [7, 11) is 0. The van der Waals surface area contributed by atoms with Gasteiger partial charge in [-0.3, -0.25) is 14.4 Å². The average molecular weight is 713 g/mol. The van der Waals surface area contributed by atoms with E-state index in [1.54, 1.807) is 20.8 Å². The molecule has 0 radical (unpaired) electrons. The Balaban J connectivity index is 1.70. The molecular weight excluding hydrogens is 664 g/mol. The van der Waals surface area contributed by atoms with E-state index in [4.69, 9.17) is 23.4 Å². The fourth-order valence-electron chi connectivity index (χ4n) is 10.0. The van der Waals surface area contributed by atoms with E-state index in [9.17, 15) is 54.9 Å². The van der Waals surface area contributed by atoms with Crippen LogP contribution in [0.4, 0.5) is 0 Å². The van der Waals surface area contributed by atoms with Crippen LogP contribution < -0.4 is 0 Å². The van der Waals surface area contributed by atoms with Gasteiger partial charge in [-0.05, 0) is 45.6 Å². The van der Waals surface area contributed by atoms with E-state index in [-0.39, 0.29) is 19.3 Å². The first-order chi connectivity index (χ1) is 23.1. The lowest BCUT2D eigenvalue weighted by atomic mass is 9.37. The SMILES string of the molecule is CC(=O)OC(CC(=O)O)C1(C)C(C(C)(C)O)CC(=O)C2(C)C1CCC(C)(C(OC1OC(CO)C(O)C(O)C1O)c1ccoc1)C21OC1C(=O)O. The van der Waals surface area contributed by atoms with Gasteiger partial charge in [0.25, 0.3) is 0 Å². The average Bonchev–Trinajstić information content (AvgIpc) is 3.58. The summed E-state index contributed by atoms with van der Waals surface area (Å²) in [6.07, 6.45) is -10.7. The first kappa shape index (κ1) is 38.3. The van der Waals surface area contributed by atoms with E-state index in [0.717, 1.165) is 6.92 Å². The lowest BCUT2D eigenvalue weighted by molar-refractivity contribution is -0.329. The van der Waals surface area contributed by atoms with E-state index < -0.39 is 125 Å². The Morgan fingerprint density at radius 1 is 1.08 bits per heavy atom. The predicted octanol–water partition coefficient (Wildman–Crippen LogP) is 0.555. The first-order valence-corrected chi connectivity index (χ1v) is 16.7. The van der Waals surface area contributed by atoms with Crippen molar-refractivity contribution in [3.05, 3.63) is 24.2 Å². The molecule has 2 aliphatic carbocycles. The molecule has 2 saturated heterocycles. The van der Waals surface area contributed by atoms with Gasteiger partial charge in [-0.15, -0.1) is 0 Å². The predicted molar refractivity (Wildman–Crippen MR) is 166 cm³/mol. The van der Waals surface area contributed by atoms with Gasteiger partial charge in [-0.1, -0.05) is 13.8 Å². The molecule has 2 aliphatic heterocycles. The van der Waals surface area contributed by atoms with Crippen LogP contribution in [-0.2, 0) is 38.1 Å². The number of hydrogen-bond acceptors (Lipinski definition) is 14. The molecule has 1 aromatic rings. The van der Waals surface area contributed by atoms with Gasteiger partial charge in [0.1, 0.15) is 41.9 Å². The summed E-state index contributed by atoms with van der Waals surface area (Å²) >= 11 is 0. The summed E-state index contributed by atoms with van der Waals surface area (Å²) in [5, 5.41) is 73.6. The largest absolute Gasteiger partial charge is 0.481 e. The molecule has 2 saturated carbocycles. The molecule has 5 rings (SSSR count). The van der Waals surface area contributed by atoms with Crippen LogP contribution in [0.5, 0.6) is 0 Å². The van der Waals surface area contributed by atoms with Crippen molar-refractivity contribution in [2.45, 2.75) is 127 Å². The highest BCUT2D eigenvalue weighted by atomic mass is 16.7. The number of aliphatic carboxylic acids is 2. The second kappa shape index (κ2) is 12.9. The molecule has 4 fully saturated rings. The van der Waals surface area contributed by atoms with E-state index in [0.29, 0.717) is 5.56 Å². The van der Waals surface area contributed by atoms with Crippen LogP contribution in [0.3, 0.4) is 0 Å². The highest BCUT2D eigenvalue weighted by Crippen LogP contribution is 2.77. The first-order valence-electron chi connectivity index (χ1n) is 16.7. The zero-order chi connectivity index (χ0) is 37.4. The molecule has 16 nitrogen and oxygen atoms in total. The molecule has 14 atom stereocenters. The number of fused-ring (bicyclic) bond motifs is 2. The van der Waals surface area contributed by atoms with E-state index >= 15 is 0 Å². The normalized spacial score (nSPS) is 42.7. The maximum atomic E-state index is 14.8. The number of ether oxygens (including phenoxy) is 4. The van der Waals surface area contributed by atoms with Gasteiger partial charge >= 0.3 is 17.9 Å². The van der Waals surface area contributed by atoms with Crippen molar-refractivity contribution in [2.24, 2.45) is 28.1 Å². The Kier molecular flexibility index (Phi) is 9.89. The number of aliphatic hydroxyl groups is 5. The molecule has 0 amide bonds. The van der Waals surface area contributed by atoms with Crippen LogP contribution in [0.25, 0.3) is 0 Å². The Morgan fingerprint density at radius 2 is 1.74 bits per heavy atom. The second-order valence-corrected chi connectivity index (χ2v) is 15.4. The minimum atomic E-state index is -1.88. The van der Waals surface area contributed by atoms with E-state index in [2.05, 4.69) is 0 Å². The third kappa shape index (κ3) is 5.59. The number of ketones is 1. The van der Waals surface area contributed by atoms with Gasteiger partial charge in [-0.2, -0.15) is 0 Å². The van der Waals surface area contributed by atoms with Crippen LogP contribution >= 0.6 is 0 Å². The zero-order valence-electron chi connectivity index (χ0n) is 28.8. The van der Waals surface area contributed by atoms with Crippen molar-refractivity contribution in [3.63, 3.8) is 0 Å². The molecule has 1 spiro atoms. The number of furan rings is 1.